The van der Waals surface area contributed by atoms with Crippen LogP contribution in [0.4, 0.5) is 0 Å². The van der Waals surface area contributed by atoms with E-state index in [4.69, 9.17) is 11.6 Å². The molecule has 0 saturated heterocycles. The zero-order chi connectivity index (χ0) is 13.7. The van der Waals surface area contributed by atoms with Crippen LogP contribution in [0.25, 0.3) is 28.2 Å². The van der Waals surface area contributed by atoms with Crippen molar-refractivity contribution in [1.82, 2.24) is 40.2 Å². The van der Waals surface area contributed by atoms with Gasteiger partial charge in [-0.1, -0.05) is 11.6 Å². The van der Waals surface area contributed by atoms with Crippen molar-refractivity contribution in [3.8, 4) is 11.6 Å². The van der Waals surface area contributed by atoms with E-state index in [2.05, 4.69) is 35.7 Å². The summed E-state index contributed by atoms with van der Waals surface area (Å²) >= 11 is 5.91. The molecule has 0 unspecified atom stereocenters. The van der Waals surface area contributed by atoms with E-state index in [1.54, 1.807) is 18.2 Å². The number of hydrogen-bond acceptors (Lipinski definition) is 6. The largest absolute Gasteiger partial charge is 0.348 e. The number of tetrazole rings is 1. The van der Waals surface area contributed by atoms with Gasteiger partial charge in [-0.25, -0.2) is 14.9 Å². The van der Waals surface area contributed by atoms with Gasteiger partial charge in [0.25, 0.3) is 0 Å². The van der Waals surface area contributed by atoms with Crippen LogP contribution in [0.5, 0.6) is 0 Å². The van der Waals surface area contributed by atoms with Gasteiger partial charge in [0.2, 0.25) is 11.6 Å². The Morgan fingerprint density at radius 2 is 2.20 bits per heavy atom. The molecule has 2 N–H and O–H groups in total. The second kappa shape index (κ2) is 3.84. The second-order valence-electron chi connectivity index (χ2n) is 4.04. The fourth-order valence-electron chi connectivity index (χ4n) is 1.97. The van der Waals surface area contributed by atoms with Crippen molar-refractivity contribution in [1.29, 1.82) is 0 Å². The summed E-state index contributed by atoms with van der Waals surface area (Å²) in [4.78, 5) is 19.0. The van der Waals surface area contributed by atoms with Gasteiger partial charge in [0.05, 0.1) is 5.52 Å². The molecule has 0 spiro atoms. The Balaban J connectivity index is 2.13. The maximum absolute atomic E-state index is 12.0. The molecular weight excluding hydrogens is 284 g/mol. The zero-order valence-corrected chi connectivity index (χ0v) is 10.5. The third-order valence-electron chi connectivity index (χ3n) is 2.82. The number of benzene rings is 1. The van der Waals surface area contributed by atoms with E-state index in [0.29, 0.717) is 16.2 Å². The molecule has 0 aliphatic rings. The number of nitrogens with zero attached hydrogens (tertiary/aromatic N) is 6. The topological polar surface area (TPSA) is 118 Å². The van der Waals surface area contributed by atoms with Gasteiger partial charge in [0, 0.05) is 10.4 Å². The van der Waals surface area contributed by atoms with E-state index in [-0.39, 0.29) is 11.6 Å². The van der Waals surface area contributed by atoms with Gasteiger partial charge in [-0.2, -0.15) is 4.52 Å². The van der Waals surface area contributed by atoms with Crippen LogP contribution < -0.4 is 5.69 Å². The second-order valence-corrected chi connectivity index (χ2v) is 4.48. The molecule has 0 radical (unpaired) electrons. The molecule has 4 aromatic rings. The summed E-state index contributed by atoms with van der Waals surface area (Å²) in [5, 5.41) is 18.5. The lowest BCUT2D eigenvalue weighted by molar-refractivity contribution is 0.881. The number of hydrogen-bond donors (Lipinski definition) is 2. The number of aromatic nitrogens is 8. The highest BCUT2D eigenvalue weighted by molar-refractivity contribution is 6.31. The molecular formula is C10H5ClN8O. The van der Waals surface area contributed by atoms with Gasteiger partial charge >= 0.3 is 5.69 Å². The third kappa shape index (κ3) is 1.50. The molecule has 3 heterocycles. The van der Waals surface area contributed by atoms with Gasteiger partial charge < -0.3 is 4.98 Å². The molecule has 9 nitrogen and oxygen atoms in total. The molecule has 0 saturated carbocycles. The minimum atomic E-state index is -0.416. The summed E-state index contributed by atoms with van der Waals surface area (Å²) in [5.41, 5.74) is 0.581. The number of fused-ring (bicyclic) bond motifs is 3. The van der Waals surface area contributed by atoms with E-state index >= 15 is 0 Å². The van der Waals surface area contributed by atoms with Crippen molar-refractivity contribution in [2.75, 3.05) is 0 Å². The first-order chi connectivity index (χ1) is 9.72. The lowest BCUT2D eigenvalue weighted by Crippen LogP contribution is -2.17. The number of rotatable bonds is 1. The van der Waals surface area contributed by atoms with Crippen molar-refractivity contribution in [3.05, 3.63) is 33.7 Å². The van der Waals surface area contributed by atoms with Crippen molar-refractivity contribution in [2.45, 2.75) is 0 Å². The Morgan fingerprint density at radius 1 is 1.30 bits per heavy atom. The Hall–Kier alpha value is -2.81. The fourth-order valence-corrected chi connectivity index (χ4v) is 2.14. The highest BCUT2D eigenvalue weighted by Crippen LogP contribution is 2.20. The Labute approximate surface area is 114 Å². The average Bonchev–Trinajstić information content (AvgIpc) is 3.07. The molecule has 1 aromatic carbocycles. The minimum absolute atomic E-state index is 0.239. The van der Waals surface area contributed by atoms with E-state index in [1.165, 1.54) is 0 Å². The van der Waals surface area contributed by atoms with Crippen LogP contribution >= 0.6 is 11.6 Å². The van der Waals surface area contributed by atoms with Gasteiger partial charge in [-0.15, -0.1) is 10.2 Å². The van der Waals surface area contributed by atoms with Crippen LogP contribution in [-0.2, 0) is 0 Å². The molecule has 20 heavy (non-hydrogen) atoms. The Morgan fingerprint density at radius 3 is 3.00 bits per heavy atom. The van der Waals surface area contributed by atoms with Crippen LogP contribution in [-0.4, -0.2) is 40.2 Å². The molecule has 0 bridgehead atoms. The van der Waals surface area contributed by atoms with Gasteiger partial charge in [0.1, 0.15) is 0 Å². The highest BCUT2D eigenvalue weighted by Gasteiger charge is 2.14. The predicted molar refractivity (Wildman–Crippen MR) is 69.3 cm³/mol. The summed E-state index contributed by atoms with van der Waals surface area (Å²) in [6, 6.07) is 5.13. The highest BCUT2D eigenvalue weighted by atomic mass is 35.5. The quantitative estimate of drug-likeness (QED) is 0.523. The first-order valence-corrected chi connectivity index (χ1v) is 5.92. The van der Waals surface area contributed by atoms with Crippen LogP contribution in [0.1, 0.15) is 0 Å². The monoisotopic (exact) mass is 288 g/mol. The molecule has 0 atom stereocenters. The summed E-state index contributed by atoms with van der Waals surface area (Å²) < 4.78 is 1.16. The van der Waals surface area contributed by atoms with Crippen molar-refractivity contribution < 1.29 is 0 Å². The predicted octanol–water partition coefficient (Wildman–Crippen LogP) is 0.404. The first-order valence-electron chi connectivity index (χ1n) is 5.55. The zero-order valence-electron chi connectivity index (χ0n) is 9.70. The minimum Gasteiger partial charge on any atom is -0.305 e. The average molecular weight is 289 g/mol. The van der Waals surface area contributed by atoms with E-state index in [1.807, 2.05) is 0 Å². The molecule has 10 heteroatoms. The van der Waals surface area contributed by atoms with Crippen molar-refractivity contribution in [3.63, 3.8) is 0 Å². The molecule has 0 fully saturated rings. The van der Waals surface area contributed by atoms with E-state index in [0.717, 1.165) is 9.90 Å². The third-order valence-corrected chi connectivity index (χ3v) is 3.06. The molecule has 4 rings (SSSR count). The summed E-state index contributed by atoms with van der Waals surface area (Å²) in [6.07, 6.45) is 0. The molecule has 3 aromatic heterocycles. The van der Waals surface area contributed by atoms with Gasteiger partial charge in [-0.3, -0.25) is 0 Å². The molecule has 0 aliphatic heterocycles. The smallest absolute Gasteiger partial charge is 0.305 e. The molecule has 98 valence electrons. The number of nitrogens with one attached hydrogen (secondary N) is 2. The van der Waals surface area contributed by atoms with Crippen molar-refractivity contribution >= 4 is 28.2 Å². The van der Waals surface area contributed by atoms with Crippen LogP contribution in [0.2, 0.25) is 5.02 Å². The Kier molecular flexibility index (Phi) is 2.12. The van der Waals surface area contributed by atoms with Crippen LogP contribution in [0.3, 0.4) is 0 Å². The number of H-pyrrole nitrogens is 2. The summed E-state index contributed by atoms with van der Waals surface area (Å²) in [5.74, 6) is 0.526. The molecule has 0 amide bonds. The maximum Gasteiger partial charge on any atom is 0.348 e. The Bertz CT molecular complexity index is 986. The first kappa shape index (κ1) is 11.1. The lowest BCUT2D eigenvalue weighted by atomic mass is 10.2. The van der Waals surface area contributed by atoms with Gasteiger partial charge in [-0.05, 0) is 28.6 Å². The van der Waals surface area contributed by atoms with Crippen molar-refractivity contribution in [2.24, 2.45) is 0 Å². The summed E-state index contributed by atoms with van der Waals surface area (Å²) in [6.45, 7) is 0. The summed E-state index contributed by atoms with van der Waals surface area (Å²) in [7, 11) is 0. The SMILES string of the molecule is O=c1[nH]c2cc(Cl)ccc2c2nc(-c3nnn[nH]3)nn12. The van der Waals surface area contributed by atoms with E-state index < -0.39 is 5.69 Å². The maximum atomic E-state index is 12.0. The number of halogens is 1. The molecule has 0 aliphatic carbocycles. The normalized spacial score (nSPS) is 11.4. The fraction of sp³-hybridized carbons (Fsp3) is 0. The standard InChI is InChI=1S/C10H5ClN8O/c11-4-1-2-5-6(3-4)12-10(20)19-9(5)13-7(16-19)8-14-17-18-15-8/h1-3H,(H,12,20)(H,14,15,17,18). The lowest BCUT2D eigenvalue weighted by Gasteiger charge is -1.99. The van der Waals surface area contributed by atoms with Gasteiger partial charge in [0.15, 0.2) is 5.65 Å². The number of aromatic amines is 2. The van der Waals surface area contributed by atoms with Crippen LogP contribution in [0, 0.1) is 0 Å². The van der Waals surface area contributed by atoms with Crippen LogP contribution in [0.15, 0.2) is 23.0 Å². The van der Waals surface area contributed by atoms with E-state index in [9.17, 15) is 4.79 Å².